The molecule has 3 rings (SSSR count). The number of nitrogens with zero attached hydrogens (tertiary/aromatic N) is 1. The zero-order valence-corrected chi connectivity index (χ0v) is 15.7. The van der Waals surface area contributed by atoms with Gasteiger partial charge in [0, 0.05) is 15.2 Å². The highest BCUT2D eigenvalue weighted by Gasteiger charge is 2.21. The van der Waals surface area contributed by atoms with Gasteiger partial charge in [-0.1, -0.05) is 29.3 Å². The van der Waals surface area contributed by atoms with Gasteiger partial charge in [-0.25, -0.2) is 12.4 Å². The van der Waals surface area contributed by atoms with Gasteiger partial charge in [0.1, 0.15) is 0 Å². The molecular formula is C16H13ClINO2S. The summed E-state index contributed by atoms with van der Waals surface area (Å²) in [4.78, 5) is 0.252. The van der Waals surface area contributed by atoms with E-state index in [2.05, 4.69) is 22.6 Å². The largest absolute Gasteiger partial charge is 0.268 e. The molecule has 2 aromatic carbocycles. The molecule has 0 radical (unpaired) electrons. The Bertz CT molecular complexity index is 976. The quantitative estimate of drug-likeness (QED) is 0.534. The van der Waals surface area contributed by atoms with Gasteiger partial charge in [0.05, 0.1) is 15.4 Å². The third-order valence-corrected chi connectivity index (χ3v) is 6.99. The Balaban J connectivity index is 2.31. The zero-order valence-electron chi connectivity index (χ0n) is 12.0. The van der Waals surface area contributed by atoms with E-state index in [1.165, 1.54) is 3.97 Å². The molecule has 0 unspecified atom stereocenters. The summed E-state index contributed by atoms with van der Waals surface area (Å²) >= 11 is 8.52. The molecule has 0 aliphatic rings. The highest BCUT2D eigenvalue weighted by atomic mass is 127. The number of aromatic nitrogens is 1. The van der Waals surface area contributed by atoms with Crippen molar-refractivity contribution in [1.82, 2.24) is 3.97 Å². The first-order valence-corrected chi connectivity index (χ1v) is 9.50. The maximum atomic E-state index is 12.9. The minimum atomic E-state index is -3.66. The van der Waals surface area contributed by atoms with Crippen LogP contribution in [-0.4, -0.2) is 12.4 Å². The molecule has 114 valence electrons. The summed E-state index contributed by atoms with van der Waals surface area (Å²) in [5.74, 6) is 0. The van der Waals surface area contributed by atoms with Gasteiger partial charge in [0.2, 0.25) is 0 Å². The summed E-state index contributed by atoms with van der Waals surface area (Å²) in [6.45, 7) is 3.88. The Kier molecular flexibility index (Phi) is 3.99. The molecule has 0 atom stereocenters. The lowest BCUT2D eigenvalue weighted by molar-refractivity contribution is 0.589. The van der Waals surface area contributed by atoms with Crippen molar-refractivity contribution in [2.75, 3.05) is 0 Å². The Morgan fingerprint density at radius 2 is 1.73 bits per heavy atom. The molecule has 0 aliphatic heterocycles. The van der Waals surface area contributed by atoms with Crippen LogP contribution in [-0.2, 0) is 10.0 Å². The minimum absolute atomic E-state index is 0.252. The first kappa shape index (κ1) is 15.8. The van der Waals surface area contributed by atoms with Crippen molar-refractivity contribution in [1.29, 1.82) is 0 Å². The van der Waals surface area contributed by atoms with E-state index in [0.717, 1.165) is 20.1 Å². The van der Waals surface area contributed by atoms with Gasteiger partial charge in [-0.05, 0) is 66.3 Å². The van der Waals surface area contributed by atoms with E-state index in [1.54, 1.807) is 42.6 Å². The highest BCUT2D eigenvalue weighted by molar-refractivity contribution is 14.1. The monoisotopic (exact) mass is 445 g/mol. The average Bonchev–Trinajstić information content (AvgIpc) is 2.91. The Morgan fingerprint density at radius 3 is 2.36 bits per heavy atom. The summed E-state index contributed by atoms with van der Waals surface area (Å²) in [6, 6.07) is 10.4. The lowest BCUT2D eigenvalue weighted by Gasteiger charge is -2.10. The molecule has 0 saturated heterocycles. The predicted molar refractivity (Wildman–Crippen MR) is 98.2 cm³/mol. The fourth-order valence-electron chi connectivity index (χ4n) is 2.38. The fourth-order valence-corrected chi connectivity index (χ4v) is 4.75. The van der Waals surface area contributed by atoms with Crippen molar-refractivity contribution in [3.63, 3.8) is 0 Å². The van der Waals surface area contributed by atoms with E-state index >= 15 is 0 Å². The molecule has 0 amide bonds. The Hall–Kier alpha value is -1.05. The van der Waals surface area contributed by atoms with Gasteiger partial charge in [-0.15, -0.1) is 0 Å². The normalized spacial score (nSPS) is 12.0. The van der Waals surface area contributed by atoms with Crippen LogP contribution in [0.1, 0.15) is 11.1 Å². The predicted octanol–water partition coefficient (Wildman–Crippen LogP) is 4.75. The topological polar surface area (TPSA) is 39.1 Å². The summed E-state index contributed by atoms with van der Waals surface area (Å²) in [5, 5.41) is 1.29. The molecule has 0 bridgehead atoms. The number of halogens is 2. The molecule has 6 heteroatoms. The second kappa shape index (κ2) is 5.54. The molecule has 3 aromatic rings. The van der Waals surface area contributed by atoms with Crippen LogP contribution in [0.4, 0.5) is 0 Å². The van der Waals surface area contributed by atoms with Gasteiger partial charge in [0.25, 0.3) is 10.0 Å². The molecule has 1 heterocycles. The highest BCUT2D eigenvalue weighted by Crippen LogP contribution is 2.33. The third-order valence-electron chi connectivity index (χ3n) is 3.58. The van der Waals surface area contributed by atoms with Crippen LogP contribution >= 0.6 is 34.2 Å². The van der Waals surface area contributed by atoms with Crippen LogP contribution in [0.15, 0.2) is 47.5 Å². The molecule has 3 nitrogen and oxygen atoms in total. The first-order valence-electron chi connectivity index (χ1n) is 6.60. The SMILES string of the molecule is Cc1ccc(S(=O)(=O)n2ccc3c(I)c(C)cc(Cl)c32)cc1. The molecular weight excluding hydrogens is 433 g/mol. The van der Waals surface area contributed by atoms with E-state index < -0.39 is 10.0 Å². The van der Waals surface area contributed by atoms with Gasteiger partial charge in [-0.3, -0.25) is 0 Å². The lowest BCUT2D eigenvalue weighted by atomic mass is 10.2. The van der Waals surface area contributed by atoms with Crippen LogP contribution in [0.5, 0.6) is 0 Å². The summed E-state index contributed by atoms with van der Waals surface area (Å²) in [7, 11) is -3.66. The standard InChI is InChI=1S/C16H13ClINO2S/c1-10-3-5-12(6-4-10)22(20,21)19-8-7-13-15(18)11(2)9-14(17)16(13)19/h3-9H,1-2H3. The smallest absolute Gasteiger partial charge is 0.240 e. The van der Waals surface area contributed by atoms with Crippen LogP contribution in [0, 0.1) is 17.4 Å². The maximum absolute atomic E-state index is 12.9. The maximum Gasteiger partial charge on any atom is 0.268 e. The third kappa shape index (κ3) is 2.45. The van der Waals surface area contributed by atoms with Crippen molar-refractivity contribution in [2.24, 2.45) is 0 Å². The number of benzene rings is 2. The number of rotatable bonds is 2. The molecule has 1 aromatic heterocycles. The number of fused-ring (bicyclic) bond motifs is 1. The van der Waals surface area contributed by atoms with E-state index in [1.807, 2.05) is 13.8 Å². The summed E-state index contributed by atoms with van der Waals surface area (Å²) in [5.41, 5.74) is 2.57. The van der Waals surface area contributed by atoms with Crippen molar-refractivity contribution in [3.05, 3.63) is 62.3 Å². The second-order valence-corrected chi connectivity index (χ2v) is 8.48. The van der Waals surface area contributed by atoms with E-state index in [9.17, 15) is 8.42 Å². The molecule has 0 aliphatic carbocycles. The number of hydrogen-bond acceptors (Lipinski definition) is 2. The van der Waals surface area contributed by atoms with E-state index in [-0.39, 0.29) is 4.90 Å². The van der Waals surface area contributed by atoms with Crippen LogP contribution in [0.25, 0.3) is 10.9 Å². The lowest BCUT2D eigenvalue weighted by Crippen LogP contribution is -2.12. The van der Waals surface area contributed by atoms with Crippen LogP contribution in [0.3, 0.4) is 0 Å². The fraction of sp³-hybridized carbons (Fsp3) is 0.125. The van der Waals surface area contributed by atoms with Gasteiger partial charge in [-0.2, -0.15) is 0 Å². The summed E-state index contributed by atoms with van der Waals surface area (Å²) in [6.07, 6.45) is 1.56. The van der Waals surface area contributed by atoms with E-state index in [0.29, 0.717) is 10.5 Å². The van der Waals surface area contributed by atoms with Crippen LogP contribution in [0.2, 0.25) is 5.02 Å². The number of aryl methyl sites for hydroxylation is 2. The van der Waals surface area contributed by atoms with Gasteiger partial charge < -0.3 is 0 Å². The van der Waals surface area contributed by atoms with E-state index in [4.69, 9.17) is 11.6 Å². The van der Waals surface area contributed by atoms with Crippen molar-refractivity contribution in [3.8, 4) is 0 Å². The van der Waals surface area contributed by atoms with Crippen LogP contribution < -0.4 is 0 Å². The Morgan fingerprint density at radius 1 is 1.09 bits per heavy atom. The van der Waals surface area contributed by atoms with Crippen molar-refractivity contribution in [2.45, 2.75) is 18.7 Å². The Labute approximate surface area is 148 Å². The average molecular weight is 446 g/mol. The molecule has 0 fully saturated rings. The molecule has 0 saturated carbocycles. The second-order valence-electron chi connectivity index (χ2n) is 5.18. The summed E-state index contributed by atoms with van der Waals surface area (Å²) < 4.78 is 28.0. The molecule has 22 heavy (non-hydrogen) atoms. The molecule has 0 spiro atoms. The minimum Gasteiger partial charge on any atom is -0.240 e. The van der Waals surface area contributed by atoms with Crippen molar-refractivity contribution < 1.29 is 8.42 Å². The van der Waals surface area contributed by atoms with Gasteiger partial charge >= 0.3 is 0 Å². The number of hydrogen-bond donors (Lipinski definition) is 0. The zero-order chi connectivity index (χ0) is 16.1. The van der Waals surface area contributed by atoms with Gasteiger partial charge in [0.15, 0.2) is 0 Å². The first-order chi connectivity index (χ1) is 10.3. The van der Waals surface area contributed by atoms with Crippen molar-refractivity contribution >= 4 is 55.1 Å². The molecule has 0 N–H and O–H groups in total.